The summed E-state index contributed by atoms with van der Waals surface area (Å²) in [5.41, 5.74) is 0.891. The van der Waals surface area contributed by atoms with Crippen molar-refractivity contribution in [1.82, 2.24) is 10.2 Å². The summed E-state index contributed by atoms with van der Waals surface area (Å²) < 4.78 is 31.8. The highest BCUT2D eigenvalue weighted by molar-refractivity contribution is 7.92. The van der Waals surface area contributed by atoms with E-state index < -0.39 is 21.6 Å². The van der Waals surface area contributed by atoms with Gasteiger partial charge in [0.05, 0.1) is 18.6 Å². The van der Waals surface area contributed by atoms with Crippen LogP contribution in [0.2, 0.25) is 5.02 Å². The van der Waals surface area contributed by atoms with Crippen LogP contribution in [0.3, 0.4) is 0 Å². The number of nitrogens with one attached hydrogen (secondary N) is 1. The Morgan fingerprint density at radius 3 is 2.13 bits per heavy atom. The first-order valence-electron chi connectivity index (χ1n) is 12.8. The van der Waals surface area contributed by atoms with E-state index in [1.165, 1.54) is 4.31 Å². The van der Waals surface area contributed by atoms with Crippen LogP contribution in [-0.4, -0.2) is 56.1 Å². The topological polar surface area (TPSA) is 96.0 Å². The van der Waals surface area contributed by atoms with Gasteiger partial charge < -0.3 is 15.0 Å². The number of hydrogen-bond donors (Lipinski definition) is 1. The van der Waals surface area contributed by atoms with E-state index in [4.69, 9.17) is 16.3 Å². The van der Waals surface area contributed by atoms with Crippen molar-refractivity contribution in [3.63, 3.8) is 0 Å². The normalized spacial score (nSPS) is 12.5. The van der Waals surface area contributed by atoms with Crippen molar-refractivity contribution in [2.24, 2.45) is 0 Å². The molecule has 0 radical (unpaired) electrons. The zero-order valence-electron chi connectivity index (χ0n) is 23.2. The number of ether oxygens (including phenoxy) is 1. The Hall–Kier alpha value is -2.78. The van der Waals surface area contributed by atoms with Crippen LogP contribution in [0.1, 0.15) is 59.4 Å². The lowest BCUT2D eigenvalue weighted by molar-refractivity contribution is -0.142. The average molecular weight is 566 g/mol. The molecule has 2 aromatic carbocycles. The molecular weight excluding hydrogens is 526 g/mol. The summed E-state index contributed by atoms with van der Waals surface area (Å²) in [6, 6.07) is 13.3. The number of rotatable bonds is 13. The van der Waals surface area contributed by atoms with Gasteiger partial charge in [0, 0.05) is 30.1 Å². The smallest absolute Gasteiger partial charge is 0.243 e. The molecule has 2 aromatic rings. The van der Waals surface area contributed by atoms with Crippen molar-refractivity contribution in [2.45, 2.75) is 72.0 Å². The van der Waals surface area contributed by atoms with E-state index in [1.807, 2.05) is 46.8 Å². The first kappa shape index (κ1) is 31.4. The first-order chi connectivity index (χ1) is 17.7. The van der Waals surface area contributed by atoms with Crippen LogP contribution < -0.4 is 14.4 Å². The number of amides is 2. The molecule has 1 unspecified atom stereocenters. The molecule has 0 saturated heterocycles. The molecule has 0 saturated carbocycles. The van der Waals surface area contributed by atoms with Crippen molar-refractivity contribution in [3.05, 3.63) is 59.1 Å². The molecular formula is C28H40ClN3O5S. The summed E-state index contributed by atoms with van der Waals surface area (Å²) in [5.74, 6) is 0.197. The third-order valence-corrected chi connectivity index (χ3v) is 7.18. The molecule has 1 N–H and O–H groups in total. The number of benzene rings is 2. The molecule has 0 spiro atoms. The maximum absolute atomic E-state index is 13.5. The van der Waals surface area contributed by atoms with Crippen molar-refractivity contribution in [3.8, 4) is 5.75 Å². The van der Waals surface area contributed by atoms with E-state index in [0.29, 0.717) is 29.5 Å². The van der Waals surface area contributed by atoms with Gasteiger partial charge in [-0.2, -0.15) is 0 Å². The van der Waals surface area contributed by atoms with Gasteiger partial charge >= 0.3 is 0 Å². The van der Waals surface area contributed by atoms with Crippen molar-refractivity contribution in [1.29, 1.82) is 0 Å². The minimum absolute atomic E-state index is 0.0793. The maximum Gasteiger partial charge on any atom is 0.243 e. The Bertz CT molecular complexity index is 1160. The van der Waals surface area contributed by atoms with Crippen LogP contribution in [0.4, 0.5) is 5.69 Å². The third kappa shape index (κ3) is 9.83. The molecule has 8 nitrogen and oxygen atoms in total. The molecule has 38 heavy (non-hydrogen) atoms. The second kappa shape index (κ2) is 13.8. The van der Waals surface area contributed by atoms with Crippen molar-refractivity contribution in [2.75, 3.05) is 23.7 Å². The van der Waals surface area contributed by atoms with E-state index in [-0.39, 0.29) is 37.7 Å². The van der Waals surface area contributed by atoms with E-state index in [2.05, 4.69) is 5.32 Å². The minimum atomic E-state index is -3.58. The molecule has 210 valence electrons. The van der Waals surface area contributed by atoms with Gasteiger partial charge in [-0.05, 0) is 82.5 Å². The highest BCUT2D eigenvalue weighted by Crippen LogP contribution is 2.23. The molecule has 0 fully saturated rings. The third-order valence-electron chi connectivity index (χ3n) is 5.74. The second-order valence-corrected chi connectivity index (χ2v) is 12.5. The van der Waals surface area contributed by atoms with Gasteiger partial charge in [-0.1, -0.05) is 30.7 Å². The lowest BCUT2D eigenvalue weighted by Crippen LogP contribution is -2.53. The Morgan fingerprint density at radius 1 is 1.03 bits per heavy atom. The average Bonchev–Trinajstić information content (AvgIpc) is 2.82. The van der Waals surface area contributed by atoms with E-state index >= 15 is 0 Å². The molecule has 0 aliphatic heterocycles. The fourth-order valence-corrected chi connectivity index (χ4v) is 5.13. The lowest BCUT2D eigenvalue weighted by atomic mass is 10.0. The molecule has 0 bridgehead atoms. The Labute approximate surface area is 232 Å². The second-order valence-electron chi connectivity index (χ2n) is 10.2. The molecule has 10 heteroatoms. The van der Waals surface area contributed by atoms with Gasteiger partial charge in [-0.3, -0.25) is 13.9 Å². The number of carbonyl (C=O) groups excluding carboxylic acids is 2. The van der Waals surface area contributed by atoms with Gasteiger partial charge in [-0.15, -0.1) is 0 Å². The predicted octanol–water partition coefficient (Wildman–Crippen LogP) is 5.01. The SMILES string of the molecule is CCOc1ccc(N(CCCC(=O)N(Cc2ccc(Cl)cc2)C(CC)C(=O)NC(C)(C)C)S(C)(=O)=O)cc1. The van der Waals surface area contributed by atoms with Crippen LogP contribution in [0.25, 0.3) is 0 Å². The number of sulfonamides is 1. The summed E-state index contributed by atoms with van der Waals surface area (Å²) in [6.45, 7) is 10.3. The fourth-order valence-electron chi connectivity index (χ4n) is 4.04. The monoisotopic (exact) mass is 565 g/mol. The number of nitrogens with zero attached hydrogens (tertiary/aromatic N) is 2. The zero-order valence-corrected chi connectivity index (χ0v) is 24.7. The quantitative estimate of drug-likeness (QED) is 0.368. The minimum Gasteiger partial charge on any atom is -0.494 e. The molecule has 0 aromatic heterocycles. The maximum atomic E-state index is 13.5. The number of halogens is 1. The summed E-state index contributed by atoms with van der Waals surface area (Å²) in [5, 5.41) is 3.56. The highest BCUT2D eigenvalue weighted by atomic mass is 35.5. The van der Waals surface area contributed by atoms with Gasteiger partial charge in [-0.25, -0.2) is 8.42 Å². The van der Waals surface area contributed by atoms with Crippen molar-refractivity contribution < 1.29 is 22.7 Å². The number of carbonyl (C=O) groups is 2. The molecule has 0 aliphatic carbocycles. The summed E-state index contributed by atoms with van der Waals surface area (Å²) in [4.78, 5) is 28.2. The largest absolute Gasteiger partial charge is 0.494 e. The summed E-state index contributed by atoms with van der Waals surface area (Å²) >= 11 is 6.03. The van der Waals surface area contributed by atoms with E-state index in [9.17, 15) is 18.0 Å². The Kier molecular flexibility index (Phi) is 11.5. The van der Waals surface area contributed by atoms with Gasteiger partial charge in [0.1, 0.15) is 11.8 Å². The lowest BCUT2D eigenvalue weighted by Gasteiger charge is -2.33. The van der Waals surface area contributed by atoms with Gasteiger partial charge in [0.15, 0.2) is 0 Å². The molecule has 2 amide bonds. The fraction of sp³-hybridized carbons (Fsp3) is 0.500. The van der Waals surface area contributed by atoms with Crippen LogP contribution in [0, 0.1) is 0 Å². The van der Waals surface area contributed by atoms with Crippen LogP contribution in [0.5, 0.6) is 5.75 Å². The van der Waals surface area contributed by atoms with E-state index in [0.717, 1.165) is 11.8 Å². The molecule has 1 atom stereocenters. The summed E-state index contributed by atoms with van der Waals surface area (Å²) in [6.07, 6.45) is 1.94. The zero-order chi connectivity index (χ0) is 28.5. The molecule has 0 heterocycles. The standard InChI is InChI=1S/C28H40ClN3O5S/c1-7-25(27(34)30-28(3,4)5)31(20-21-11-13-22(29)14-12-21)26(33)10-9-19-32(38(6,35)36)23-15-17-24(18-16-23)37-8-2/h11-18,25H,7-10,19-20H2,1-6H3,(H,30,34). The van der Waals surface area contributed by atoms with Crippen LogP contribution in [0.15, 0.2) is 48.5 Å². The first-order valence-corrected chi connectivity index (χ1v) is 15.0. The van der Waals surface area contributed by atoms with Crippen LogP contribution in [-0.2, 0) is 26.2 Å². The Morgan fingerprint density at radius 2 is 1.63 bits per heavy atom. The number of hydrogen-bond acceptors (Lipinski definition) is 5. The summed E-state index contributed by atoms with van der Waals surface area (Å²) in [7, 11) is -3.58. The highest BCUT2D eigenvalue weighted by Gasteiger charge is 2.30. The van der Waals surface area contributed by atoms with Gasteiger partial charge in [0.2, 0.25) is 21.8 Å². The Balaban J connectivity index is 2.21. The number of anilines is 1. The van der Waals surface area contributed by atoms with E-state index in [1.54, 1.807) is 41.3 Å². The van der Waals surface area contributed by atoms with Crippen molar-refractivity contribution >= 4 is 39.1 Å². The van der Waals surface area contributed by atoms with Crippen LogP contribution >= 0.6 is 11.6 Å². The predicted molar refractivity (Wildman–Crippen MR) is 153 cm³/mol. The molecule has 2 rings (SSSR count). The molecule has 0 aliphatic rings. The van der Waals surface area contributed by atoms with Gasteiger partial charge in [0.25, 0.3) is 0 Å².